The summed E-state index contributed by atoms with van der Waals surface area (Å²) in [6, 6.07) is 6.02. The van der Waals surface area contributed by atoms with Gasteiger partial charge in [-0.15, -0.1) is 24.8 Å². The first-order valence-electron chi connectivity index (χ1n) is 12.9. The molecule has 2 aliphatic heterocycles. The summed E-state index contributed by atoms with van der Waals surface area (Å²) >= 11 is 4.78. The van der Waals surface area contributed by atoms with Crippen molar-refractivity contribution in [1.29, 1.82) is 0 Å². The molecule has 3 aliphatic rings. The molecule has 38 heavy (non-hydrogen) atoms. The molecule has 11 heteroatoms. The summed E-state index contributed by atoms with van der Waals surface area (Å²) < 4.78 is 19.7. The fraction of sp³-hybridized carbons (Fsp3) is 0.593. The number of benzene rings is 1. The van der Waals surface area contributed by atoms with E-state index >= 15 is 0 Å². The second-order valence-electron chi connectivity index (χ2n) is 9.83. The Morgan fingerprint density at radius 2 is 1.87 bits per heavy atom. The van der Waals surface area contributed by atoms with Crippen molar-refractivity contribution in [3.8, 4) is 0 Å². The smallest absolute Gasteiger partial charge is 0.307 e. The number of thiol groups is 1. The molecule has 2 saturated heterocycles. The average molecular weight is 591 g/mol. The van der Waals surface area contributed by atoms with Gasteiger partial charge in [-0.3, -0.25) is 24.2 Å². The number of amides is 1. The maximum absolute atomic E-state index is 14.7. The Balaban J connectivity index is 0.00000253. The van der Waals surface area contributed by atoms with Crippen LogP contribution in [0.2, 0.25) is 0 Å². The van der Waals surface area contributed by atoms with Crippen LogP contribution in [0.3, 0.4) is 0 Å². The Bertz CT molecular complexity index is 1010. The highest BCUT2D eigenvalue weighted by molar-refractivity contribution is 7.81. The van der Waals surface area contributed by atoms with E-state index < -0.39 is 6.04 Å². The number of ether oxygens (including phenoxy) is 1. The number of carbonyl (C=O) groups excluding carboxylic acids is 3. The van der Waals surface area contributed by atoms with E-state index in [4.69, 9.17) is 17.4 Å². The van der Waals surface area contributed by atoms with Crippen LogP contribution < -0.4 is 0 Å². The Morgan fingerprint density at radius 1 is 1.13 bits per heavy atom. The third-order valence-corrected chi connectivity index (χ3v) is 7.81. The van der Waals surface area contributed by atoms with E-state index in [0.717, 1.165) is 31.4 Å². The van der Waals surface area contributed by atoms with Crippen LogP contribution in [-0.4, -0.2) is 90.0 Å². The summed E-state index contributed by atoms with van der Waals surface area (Å²) in [5.74, 6) is -0.475. The average Bonchev–Trinajstić information content (AvgIpc) is 3.71. The first kappa shape index (κ1) is 32.6. The molecule has 1 aliphatic carbocycles. The van der Waals surface area contributed by atoms with Gasteiger partial charge in [-0.05, 0) is 37.8 Å². The molecular formula is C27H38Cl2FN3O4S. The van der Waals surface area contributed by atoms with Crippen molar-refractivity contribution >= 4 is 55.1 Å². The van der Waals surface area contributed by atoms with E-state index in [-0.39, 0.29) is 65.9 Å². The Labute approximate surface area is 242 Å². The molecule has 0 radical (unpaired) electrons. The van der Waals surface area contributed by atoms with Crippen LogP contribution in [0.4, 0.5) is 4.39 Å². The quantitative estimate of drug-likeness (QED) is 0.255. The van der Waals surface area contributed by atoms with Crippen molar-refractivity contribution in [2.24, 2.45) is 5.92 Å². The molecule has 0 spiro atoms. The number of carbonyl (C=O) groups is 3. The summed E-state index contributed by atoms with van der Waals surface area (Å²) in [4.78, 5) is 43.3. The minimum absolute atomic E-state index is 0. The zero-order valence-corrected chi connectivity index (χ0v) is 24.2. The van der Waals surface area contributed by atoms with E-state index in [2.05, 4.69) is 15.9 Å². The zero-order valence-electron chi connectivity index (χ0n) is 21.7. The van der Waals surface area contributed by atoms with Crippen molar-refractivity contribution in [2.45, 2.75) is 43.9 Å². The van der Waals surface area contributed by atoms with Crippen LogP contribution in [-0.2, 0) is 19.1 Å². The minimum atomic E-state index is -0.576. The maximum Gasteiger partial charge on any atom is 0.307 e. The number of Topliss-reactive ketones (excluding diaryl/α,β-unsaturated/α-hetero) is 1. The minimum Gasteiger partial charge on any atom is -0.466 e. The van der Waals surface area contributed by atoms with Crippen molar-refractivity contribution in [1.82, 2.24) is 14.7 Å². The van der Waals surface area contributed by atoms with Crippen LogP contribution >= 0.6 is 37.4 Å². The van der Waals surface area contributed by atoms with E-state index in [0.29, 0.717) is 51.4 Å². The number of piperidine rings is 1. The molecule has 1 saturated carbocycles. The molecule has 2 heterocycles. The third-order valence-electron chi connectivity index (χ3n) is 7.22. The van der Waals surface area contributed by atoms with Gasteiger partial charge in [-0.1, -0.05) is 24.3 Å². The molecule has 0 N–H and O–H groups in total. The molecule has 212 valence electrons. The number of ketones is 1. The highest BCUT2D eigenvalue weighted by atomic mass is 35.5. The van der Waals surface area contributed by atoms with Gasteiger partial charge in [0.05, 0.1) is 25.6 Å². The number of hydrogen-bond acceptors (Lipinski definition) is 7. The van der Waals surface area contributed by atoms with Crippen molar-refractivity contribution in [3.63, 3.8) is 0 Å². The van der Waals surface area contributed by atoms with Crippen molar-refractivity contribution in [2.75, 3.05) is 52.4 Å². The highest BCUT2D eigenvalue weighted by Crippen LogP contribution is 2.39. The number of likely N-dealkylation sites (tertiary alicyclic amines) is 1. The van der Waals surface area contributed by atoms with Gasteiger partial charge in [0.2, 0.25) is 5.91 Å². The van der Waals surface area contributed by atoms with Crippen LogP contribution in [0.1, 0.15) is 44.2 Å². The van der Waals surface area contributed by atoms with Gasteiger partial charge >= 0.3 is 5.97 Å². The number of hydrogen-bond donors (Lipinski definition) is 1. The van der Waals surface area contributed by atoms with E-state index in [9.17, 15) is 18.8 Å². The molecule has 3 fully saturated rings. The van der Waals surface area contributed by atoms with Crippen LogP contribution in [0.25, 0.3) is 0 Å². The predicted molar refractivity (Wildman–Crippen MR) is 153 cm³/mol. The van der Waals surface area contributed by atoms with Crippen LogP contribution in [0.5, 0.6) is 0 Å². The Kier molecular flexibility index (Phi) is 13.0. The maximum atomic E-state index is 14.7. The second-order valence-corrected chi connectivity index (χ2v) is 10.4. The van der Waals surface area contributed by atoms with Gasteiger partial charge in [-0.25, -0.2) is 4.39 Å². The molecule has 1 amide bonds. The van der Waals surface area contributed by atoms with Gasteiger partial charge in [0.1, 0.15) is 5.82 Å². The van der Waals surface area contributed by atoms with Gasteiger partial charge < -0.3 is 9.64 Å². The number of esters is 1. The van der Waals surface area contributed by atoms with Gasteiger partial charge in [0.25, 0.3) is 0 Å². The lowest BCUT2D eigenvalue weighted by Crippen LogP contribution is -2.50. The summed E-state index contributed by atoms with van der Waals surface area (Å²) in [5, 5.41) is 0.0696. The van der Waals surface area contributed by atoms with Crippen LogP contribution in [0, 0.1) is 11.7 Å². The largest absolute Gasteiger partial charge is 0.466 e. The van der Waals surface area contributed by atoms with Gasteiger partial charge in [0.15, 0.2) is 5.78 Å². The van der Waals surface area contributed by atoms with Gasteiger partial charge in [0, 0.05) is 56.0 Å². The lowest BCUT2D eigenvalue weighted by molar-refractivity contribution is -0.144. The molecule has 7 nitrogen and oxygen atoms in total. The zero-order chi connectivity index (χ0) is 25.7. The molecule has 0 bridgehead atoms. The van der Waals surface area contributed by atoms with E-state index in [1.807, 2.05) is 0 Å². The van der Waals surface area contributed by atoms with Crippen molar-refractivity contribution in [3.05, 3.63) is 47.3 Å². The first-order valence-corrected chi connectivity index (χ1v) is 13.4. The molecule has 2 unspecified atom stereocenters. The van der Waals surface area contributed by atoms with Crippen LogP contribution in [0.15, 0.2) is 35.9 Å². The lowest BCUT2D eigenvalue weighted by atomic mass is 9.93. The monoisotopic (exact) mass is 589 g/mol. The predicted octanol–water partition coefficient (Wildman–Crippen LogP) is 3.72. The topological polar surface area (TPSA) is 70.2 Å². The molecule has 4 rings (SSSR count). The summed E-state index contributed by atoms with van der Waals surface area (Å²) in [5.41, 5.74) is 1.56. The molecule has 0 aromatic heterocycles. The number of piperazine rings is 1. The Morgan fingerprint density at radius 3 is 2.53 bits per heavy atom. The number of rotatable bonds is 10. The highest BCUT2D eigenvalue weighted by Gasteiger charge is 2.40. The molecule has 1 aromatic rings. The number of nitrogens with zero attached hydrogens (tertiary/aromatic N) is 3. The van der Waals surface area contributed by atoms with Crippen molar-refractivity contribution < 1.29 is 23.5 Å². The summed E-state index contributed by atoms with van der Waals surface area (Å²) in [7, 11) is 0. The lowest BCUT2D eigenvalue weighted by Gasteiger charge is -2.38. The Hall–Kier alpha value is -1.65. The van der Waals surface area contributed by atoms with E-state index in [1.54, 1.807) is 30.0 Å². The van der Waals surface area contributed by atoms with E-state index in [1.165, 1.54) is 6.07 Å². The summed E-state index contributed by atoms with van der Waals surface area (Å²) in [6.07, 6.45) is 4.87. The molecule has 1 aromatic carbocycles. The first-order chi connectivity index (χ1) is 17.4. The SMILES string of the molecule is CCOC(=O)CCN1CCN(C/C=C2/CN(C(C(=O)C3CC3)c3ccccc3F)CCC2S)CC1=O.Cl.Cl. The standard InChI is InChI=1S/C27H36FN3O4S.2ClH/c1-2-35-25(33)11-14-30-16-15-29(18-24(30)32)12-9-20-17-31(13-10-23(20)36)26(27(34)19-7-8-19)21-5-3-4-6-22(21)28;;/h3-6,9,19,23,26,36H,2,7-8,10-18H2,1H3;2*1H/b20-9-;;. The fourth-order valence-electron chi connectivity index (χ4n) is 4.99. The molecule has 2 atom stereocenters. The third kappa shape index (κ3) is 8.42. The van der Waals surface area contributed by atoms with Gasteiger partial charge in [-0.2, -0.15) is 12.6 Å². The second kappa shape index (κ2) is 15.2. The fourth-order valence-corrected chi connectivity index (χ4v) is 5.29. The molecular weight excluding hydrogens is 552 g/mol. The summed E-state index contributed by atoms with van der Waals surface area (Å²) in [6.45, 7) is 5.92. The number of halogens is 3. The normalized spacial score (nSPS) is 22.4.